The van der Waals surface area contributed by atoms with Crippen molar-refractivity contribution in [3.8, 4) is 0 Å². The maximum absolute atomic E-state index is 11.3. The van der Waals surface area contributed by atoms with Crippen LogP contribution in [0.3, 0.4) is 0 Å². The lowest BCUT2D eigenvalue weighted by molar-refractivity contribution is -0.121. The predicted molar refractivity (Wildman–Crippen MR) is 46.6 cm³/mol. The smallest absolute Gasteiger partial charge is 0.134 e. The second-order valence-electron chi connectivity index (χ2n) is 4.16. The molecule has 1 saturated carbocycles. The highest BCUT2D eigenvalue weighted by molar-refractivity contribution is 5.80. The topological polar surface area (TPSA) is 55.1 Å². The maximum Gasteiger partial charge on any atom is 0.134 e. The maximum atomic E-state index is 11.3. The van der Waals surface area contributed by atoms with Gasteiger partial charge in [-0.3, -0.25) is 4.79 Å². The molecule has 3 atom stereocenters. The molecular weight excluding hydrogens is 152 g/mol. The second-order valence-corrected chi connectivity index (χ2v) is 4.16. The van der Waals surface area contributed by atoms with Gasteiger partial charge in [-0.05, 0) is 31.2 Å². The highest BCUT2D eigenvalue weighted by Gasteiger charge is 2.61. The first-order chi connectivity index (χ1) is 5.70. The van der Waals surface area contributed by atoms with E-state index in [2.05, 4.69) is 5.32 Å². The van der Waals surface area contributed by atoms with Crippen LogP contribution in [-0.4, -0.2) is 25.4 Å². The molecule has 2 fully saturated rings. The predicted octanol–water partition coefficient (Wildman–Crippen LogP) is -0.240. The molecule has 2 rings (SSSR count). The van der Waals surface area contributed by atoms with E-state index in [0.717, 1.165) is 26.1 Å². The largest absolute Gasteiger partial charge is 0.330 e. The quantitative estimate of drug-likeness (QED) is 0.598. The van der Waals surface area contributed by atoms with Crippen LogP contribution in [-0.2, 0) is 4.79 Å². The molecule has 1 aliphatic carbocycles. The summed E-state index contributed by atoms with van der Waals surface area (Å²) in [5, 5.41) is 3.29. The van der Waals surface area contributed by atoms with Gasteiger partial charge in [0.05, 0.1) is 0 Å². The van der Waals surface area contributed by atoms with Crippen molar-refractivity contribution in [1.82, 2.24) is 5.32 Å². The Morgan fingerprint density at radius 1 is 1.75 bits per heavy atom. The summed E-state index contributed by atoms with van der Waals surface area (Å²) in [5.41, 5.74) is 5.88. The molecule has 0 aromatic heterocycles. The van der Waals surface area contributed by atoms with E-state index in [1.165, 1.54) is 0 Å². The Bertz CT molecular complexity index is 217. The zero-order chi connectivity index (χ0) is 8.77. The molecule has 0 aromatic carbocycles. The van der Waals surface area contributed by atoms with Crippen molar-refractivity contribution >= 4 is 5.78 Å². The van der Waals surface area contributed by atoms with E-state index in [9.17, 15) is 4.79 Å². The number of ketones is 1. The lowest BCUT2D eigenvalue weighted by atomic mass is 9.87. The van der Waals surface area contributed by atoms with E-state index >= 15 is 0 Å². The summed E-state index contributed by atoms with van der Waals surface area (Å²) >= 11 is 0. The monoisotopic (exact) mass is 168 g/mol. The van der Waals surface area contributed by atoms with Crippen molar-refractivity contribution in [2.75, 3.05) is 19.6 Å². The third kappa shape index (κ3) is 0.930. The van der Waals surface area contributed by atoms with E-state index in [1.54, 1.807) is 6.92 Å². The van der Waals surface area contributed by atoms with Crippen LogP contribution in [0.4, 0.5) is 0 Å². The summed E-state index contributed by atoms with van der Waals surface area (Å²) in [5.74, 6) is 1.17. The highest BCUT2D eigenvalue weighted by atomic mass is 16.1. The van der Waals surface area contributed by atoms with Crippen LogP contribution in [0.25, 0.3) is 0 Å². The van der Waals surface area contributed by atoms with Gasteiger partial charge in [0, 0.05) is 19.0 Å². The van der Waals surface area contributed by atoms with Gasteiger partial charge >= 0.3 is 0 Å². The second kappa shape index (κ2) is 2.54. The van der Waals surface area contributed by atoms with E-state index in [-0.39, 0.29) is 11.3 Å². The van der Waals surface area contributed by atoms with Gasteiger partial charge in [0.25, 0.3) is 0 Å². The Balaban J connectivity index is 2.11. The molecular formula is C9H16N2O. The first-order valence-electron chi connectivity index (χ1n) is 4.62. The first kappa shape index (κ1) is 8.20. The molecule has 3 nitrogen and oxygen atoms in total. The van der Waals surface area contributed by atoms with Gasteiger partial charge in [-0.2, -0.15) is 0 Å². The summed E-state index contributed by atoms with van der Waals surface area (Å²) in [6.07, 6.45) is 1.15. The Hall–Kier alpha value is -0.410. The summed E-state index contributed by atoms with van der Waals surface area (Å²) in [7, 11) is 0. The highest BCUT2D eigenvalue weighted by Crippen LogP contribution is 2.58. The molecule has 0 bridgehead atoms. The summed E-state index contributed by atoms with van der Waals surface area (Å²) in [4.78, 5) is 11.3. The molecule has 0 aromatic rings. The summed E-state index contributed by atoms with van der Waals surface area (Å²) < 4.78 is 0. The number of carbonyl (C=O) groups excluding carboxylic acids is 1. The molecule has 1 heterocycles. The van der Waals surface area contributed by atoms with Crippen molar-refractivity contribution in [2.45, 2.75) is 13.3 Å². The molecule has 3 N–H and O–H groups in total. The van der Waals surface area contributed by atoms with Gasteiger partial charge in [-0.1, -0.05) is 0 Å². The zero-order valence-corrected chi connectivity index (χ0v) is 7.47. The van der Waals surface area contributed by atoms with Gasteiger partial charge in [0.2, 0.25) is 0 Å². The Morgan fingerprint density at radius 3 is 3.00 bits per heavy atom. The van der Waals surface area contributed by atoms with Gasteiger partial charge in [-0.25, -0.2) is 0 Å². The lowest BCUT2D eigenvalue weighted by Crippen LogP contribution is -2.25. The van der Waals surface area contributed by atoms with Crippen molar-refractivity contribution in [1.29, 1.82) is 0 Å². The molecule has 0 amide bonds. The molecule has 3 unspecified atom stereocenters. The third-order valence-electron chi connectivity index (χ3n) is 3.55. The van der Waals surface area contributed by atoms with E-state index in [1.807, 2.05) is 0 Å². The molecule has 1 saturated heterocycles. The zero-order valence-electron chi connectivity index (χ0n) is 7.47. The van der Waals surface area contributed by atoms with Crippen LogP contribution >= 0.6 is 0 Å². The Kier molecular flexibility index (Phi) is 1.73. The van der Waals surface area contributed by atoms with Gasteiger partial charge in [-0.15, -0.1) is 0 Å². The minimum Gasteiger partial charge on any atom is -0.330 e. The van der Waals surface area contributed by atoms with Crippen LogP contribution in [0.15, 0.2) is 0 Å². The van der Waals surface area contributed by atoms with Crippen LogP contribution in [0, 0.1) is 17.3 Å². The number of hydrogen-bond donors (Lipinski definition) is 2. The molecule has 1 spiro atoms. The average molecular weight is 168 g/mol. The fourth-order valence-corrected chi connectivity index (χ4v) is 2.69. The first-order valence-corrected chi connectivity index (χ1v) is 4.62. The van der Waals surface area contributed by atoms with Gasteiger partial charge in [0.1, 0.15) is 5.78 Å². The van der Waals surface area contributed by atoms with E-state index < -0.39 is 0 Å². The fourth-order valence-electron chi connectivity index (χ4n) is 2.69. The van der Waals surface area contributed by atoms with Crippen LogP contribution in [0.2, 0.25) is 0 Å². The van der Waals surface area contributed by atoms with Crippen LogP contribution in [0.1, 0.15) is 13.3 Å². The lowest BCUT2D eigenvalue weighted by Gasteiger charge is -2.15. The van der Waals surface area contributed by atoms with Gasteiger partial charge in [0.15, 0.2) is 0 Å². The molecule has 3 heteroatoms. The fraction of sp³-hybridized carbons (Fsp3) is 0.889. The third-order valence-corrected chi connectivity index (χ3v) is 3.55. The normalized spacial score (nSPS) is 45.2. The summed E-state index contributed by atoms with van der Waals surface area (Å²) in [6, 6.07) is 0. The molecule has 2 aliphatic rings. The number of hydrogen-bond acceptors (Lipinski definition) is 3. The molecule has 68 valence electrons. The standard InChI is InChI=1S/C9H16N2O/c1-6(12)8-4-11-5-9(8)2-7(9)3-10/h7-8,11H,2-5,10H2,1H3. The number of nitrogens with two attached hydrogens (primary N) is 1. The minimum absolute atomic E-state index is 0.242. The van der Waals surface area contributed by atoms with Gasteiger partial charge < -0.3 is 11.1 Å². The Labute approximate surface area is 72.7 Å². The molecule has 0 radical (unpaired) electrons. The average Bonchev–Trinajstić information content (AvgIpc) is 2.52. The van der Waals surface area contributed by atoms with E-state index in [4.69, 9.17) is 5.73 Å². The number of Topliss-reactive ketones (excluding diaryl/α,β-unsaturated/α-hetero) is 1. The Morgan fingerprint density at radius 2 is 2.50 bits per heavy atom. The summed E-state index contributed by atoms with van der Waals surface area (Å²) in [6.45, 7) is 4.31. The van der Waals surface area contributed by atoms with Crippen molar-refractivity contribution in [2.24, 2.45) is 23.0 Å². The van der Waals surface area contributed by atoms with Crippen molar-refractivity contribution in [3.05, 3.63) is 0 Å². The SMILES string of the molecule is CC(=O)C1CNCC12CC2CN. The minimum atomic E-state index is 0.242. The number of carbonyl (C=O) groups is 1. The van der Waals surface area contributed by atoms with Crippen molar-refractivity contribution < 1.29 is 4.79 Å². The van der Waals surface area contributed by atoms with Crippen molar-refractivity contribution in [3.63, 3.8) is 0 Å². The number of nitrogens with one attached hydrogen (secondary N) is 1. The van der Waals surface area contributed by atoms with Crippen LogP contribution in [0.5, 0.6) is 0 Å². The van der Waals surface area contributed by atoms with E-state index in [0.29, 0.717) is 11.7 Å². The molecule has 1 aliphatic heterocycles. The molecule has 12 heavy (non-hydrogen) atoms. The number of rotatable bonds is 2. The van der Waals surface area contributed by atoms with Crippen LogP contribution < -0.4 is 11.1 Å².